The van der Waals surface area contributed by atoms with Gasteiger partial charge in [-0.2, -0.15) is 0 Å². The minimum atomic E-state index is -0.778. The number of rotatable bonds is 3. The van der Waals surface area contributed by atoms with Gasteiger partial charge in [0.2, 0.25) is 0 Å². The number of carboxylic acid groups (broad SMARTS) is 1. The van der Waals surface area contributed by atoms with Gasteiger partial charge in [0.05, 0.1) is 17.6 Å². The summed E-state index contributed by atoms with van der Waals surface area (Å²) in [5.41, 5.74) is 2.68. The van der Waals surface area contributed by atoms with Gasteiger partial charge < -0.3 is 10.4 Å². The molecule has 5 nitrogen and oxygen atoms in total. The molecule has 1 unspecified atom stereocenters. The summed E-state index contributed by atoms with van der Waals surface area (Å²) in [6.07, 6.45) is 6.04. The van der Waals surface area contributed by atoms with E-state index in [-0.39, 0.29) is 0 Å². The number of aryl methyl sites for hydroxylation is 2. The van der Waals surface area contributed by atoms with Crippen LogP contribution in [0.3, 0.4) is 0 Å². The molecule has 0 radical (unpaired) electrons. The zero-order valence-corrected chi connectivity index (χ0v) is 11.9. The predicted molar refractivity (Wildman–Crippen MR) is 77.7 cm³/mol. The Morgan fingerprint density at radius 1 is 1.50 bits per heavy atom. The summed E-state index contributed by atoms with van der Waals surface area (Å²) in [4.78, 5) is 21.0. The van der Waals surface area contributed by atoms with Gasteiger partial charge in [0, 0.05) is 11.1 Å². The highest BCUT2D eigenvalue weighted by molar-refractivity contribution is 7.15. The molecule has 0 amide bonds. The Morgan fingerprint density at radius 3 is 3.10 bits per heavy atom. The van der Waals surface area contributed by atoms with Crippen molar-refractivity contribution in [2.24, 2.45) is 0 Å². The molecule has 0 saturated carbocycles. The number of nitrogens with one attached hydrogen (secondary N) is 1. The van der Waals surface area contributed by atoms with E-state index in [0.29, 0.717) is 6.42 Å². The molecule has 1 aliphatic carbocycles. The fourth-order valence-electron chi connectivity index (χ4n) is 2.46. The minimum Gasteiger partial charge on any atom is -0.481 e. The van der Waals surface area contributed by atoms with Crippen molar-refractivity contribution in [1.82, 2.24) is 9.97 Å². The Morgan fingerprint density at radius 2 is 2.35 bits per heavy atom. The highest BCUT2D eigenvalue weighted by atomic mass is 32.1. The molecule has 3 rings (SSSR count). The highest BCUT2D eigenvalue weighted by Crippen LogP contribution is 2.37. The Hall–Kier alpha value is -1.95. The molecule has 0 saturated heterocycles. The molecule has 0 fully saturated rings. The number of aliphatic carboxylic acids is 1. The highest BCUT2D eigenvalue weighted by Gasteiger charge is 2.29. The second-order valence-corrected chi connectivity index (χ2v) is 6.07. The van der Waals surface area contributed by atoms with Gasteiger partial charge in [0.15, 0.2) is 5.13 Å². The summed E-state index contributed by atoms with van der Waals surface area (Å²) in [5, 5.41) is 13.2. The van der Waals surface area contributed by atoms with Crippen molar-refractivity contribution in [3.8, 4) is 0 Å². The van der Waals surface area contributed by atoms with Crippen LogP contribution in [-0.2, 0) is 11.2 Å². The van der Waals surface area contributed by atoms with E-state index < -0.39 is 11.9 Å². The second kappa shape index (κ2) is 5.20. The lowest BCUT2D eigenvalue weighted by atomic mass is 9.91. The van der Waals surface area contributed by atoms with Crippen molar-refractivity contribution in [1.29, 1.82) is 0 Å². The van der Waals surface area contributed by atoms with Gasteiger partial charge in [-0.15, -0.1) is 11.3 Å². The fourth-order valence-corrected chi connectivity index (χ4v) is 3.54. The lowest BCUT2D eigenvalue weighted by molar-refractivity contribution is -0.139. The maximum atomic E-state index is 11.3. The van der Waals surface area contributed by atoms with Gasteiger partial charge in [-0.1, -0.05) is 0 Å². The predicted octanol–water partition coefficient (Wildman–Crippen LogP) is 3.09. The summed E-state index contributed by atoms with van der Waals surface area (Å²) in [6, 6.07) is 1.99. The van der Waals surface area contributed by atoms with Gasteiger partial charge in [-0.25, -0.2) is 4.98 Å². The molecule has 2 N–H and O–H groups in total. The smallest absolute Gasteiger partial charge is 0.312 e. The second-order valence-electron chi connectivity index (χ2n) is 4.99. The SMILES string of the molecule is Cc1cncc(Nc2nc3c(s2)CCCC3C(=O)O)c1. The molecule has 2 aromatic heterocycles. The maximum absolute atomic E-state index is 11.3. The Labute approximate surface area is 120 Å². The van der Waals surface area contributed by atoms with Gasteiger partial charge in [-0.05, 0) is 37.8 Å². The normalized spacial score (nSPS) is 17.6. The zero-order valence-electron chi connectivity index (χ0n) is 11.1. The zero-order chi connectivity index (χ0) is 14.1. The number of hydrogen-bond acceptors (Lipinski definition) is 5. The molecule has 1 aliphatic rings. The average molecular weight is 289 g/mol. The molecular formula is C14H15N3O2S. The van der Waals surface area contributed by atoms with Crippen LogP contribution >= 0.6 is 11.3 Å². The topological polar surface area (TPSA) is 75.1 Å². The molecule has 104 valence electrons. The Balaban J connectivity index is 1.87. The fraction of sp³-hybridized carbons (Fsp3) is 0.357. The van der Waals surface area contributed by atoms with Crippen LogP contribution in [0, 0.1) is 6.92 Å². The van der Waals surface area contributed by atoms with E-state index in [1.807, 2.05) is 13.0 Å². The summed E-state index contributed by atoms with van der Waals surface area (Å²) < 4.78 is 0. The van der Waals surface area contributed by atoms with Crippen molar-refractivity contribution >= 4 is 28.1 Å². The first-order valence-corrected chi connectivity index (χ1v) is 7.36. The van der Waals surface area contributed by atoms with Crippen molar-refractivity contribution in [2.75, 3.05) is 5.32 Å². The lowest BCUT2D eigenvalue weighted by Crippen LogP contribution is -2.17. The van der Waals surface area contributed by atoms with E-state index >= 15 is 0 Å². The van der Waals surface area contributed by atoms with Crippen LogP contribution in [0.1, 0.15) is 34.9 Å². The van der Waals surface area contributed by atoms with E-state index in [1.54, 1.807) is 23.7 Å². The third-order valence-electron chi connectivity index (χ3n) is 3.38. The van der Waals surface area contributed by atoms with Crippen molar-refractivity contribution in [3.63, 3.8) is 0 Å². The molecule has 6 heteroatoms. The van der Waals surface area contributed by atoms with Gasteiger partial charge in [-0.3, -0.25) is 9.78 Å². The number of hydrogen-bond donors (Lipinski definition) is 2. The van der Waals surface area contributed by atoms with Gasteiger partial charge >= 0.3 is 5.97 Å². The summed E-state index contributed by atoms with van der Waals surface area (Å²) >= 11 is 1.54. The maximum Gasteiger partial charge on any atom is 0.312 e. The number of nitrogens with zero attached hydrogens (tertiary/aromatic N) is 2. The molecule has 2 aromatic rings. The molecular weight excluding hydrogens is 274 g/mol. The van der Waals surface area contributed by atoms with Crippen LogP contribution in [0.15, 0.2) is 18.5 Å². The Bertz CT molecular complexity index is 654. The number of thiazole rings is 1. The molecule has 0 aromatic carbocycles. The van der Waals surface area contributed by atoms with Gasteiger partial charge in [0.25, 0.3) is 0 Å². The Kier molecular flexibility index (Phi) is 3.40. The van der Waals surface area contributed by atoms with E-state index in [4.69, 9.17) is 0 Å². The molecule has 0 aliphatic heterocycles. The third-order valence-corrected chi connectivity index (χ3v) is 4.42. The molecule has 0 spiro atoms. The molecule has 20 heavy (non-hydrogen) atoms. The number of aromatic nitrogens is 2. The van der Waals surface area contributed by atoms with Crippen LogP contribution in [0.25, 0.3) is 0 Å². The lowest BCUT2D eigenvalue weighted by Gasteiger charge is -2.16. The third kappa shape index (κ3) is 2.51. The number of pyridine rings is 1. The first kappa shape index (κ1) is 13.1. The largest absolute Gasteiger partial charge is 0.481 e. The van der Waals surface area contributed by atoms with E-state index in [1.165, 1.54) is 0 Å². The standard InChI is InChI=1S/C14H15N3O2S/c1-8-5-9(7-15-6-8)16-14-17-12-10(13(18)19)3-2-4-11(12)20-14/h5-7,10H,2-4H2,1H3,(H,16,17)(H,18,19). The summed E-state index contributed by atoms with van der Waals surface area (Å²) in [5.74, 6) is -1.23. The molecule has 0 bridgehead atoms. The number of anilines is 2. The van der Waals surface area contributed by atoms with Crippen molar-refractivity contribution in [2.45, 2.75) is 32.1 Å². The minimum absolute atomic E-state index is 0.457. The van der Waals surface area contributed by atoms with Crippen LogP contribution in [0.4, 0.5) is 10.8 Å². The van der Waals surface area contributed by atoms with Gasteiger partial charge in [0.1, 0.15) is 5.92 Å². The van der Waals surface area contributed by atoms with Crippen molar-refractivity contribution < 1.29 is 9.90 Å². The van der Waals surface area contributed by atoms with Crippen LogP contribution < -0.4 is 5.32 Å². The summed E-state index contributed by atoms with van der Waals surface area (Å²) in [7, 11) is 0. The monoisotopic (exact) mass is 289 g/mol. The molecule has 1 atom stereocenters. The first-order chi connectivity index (χ1) is 9.63. The first-order valence-electron chi connectivity index (χ1n) is 6.54. The quantitative estimate of drug-likeness (QED) is 0.908. The van der Waals surface area contributed by atoms with E-state index in [9.17, 15) is 9.90 Å². The van der Waals surface area contributed by atoms with Crippen LogP contribution in [0.5, 0.6) is 0 Å². The van der Waals surface area contributed by atoms with E-state index in [0.717, 1.165) is 39.8 Å². The van der Waals surface area contributed by atoms with Crippen LogP contribution in [0.2, 0.25) is 0 Å². The van der Waals surface area contributed by atoms with E-state index in [2.05, 4.69) is 15.3 Å². The molecule has 2 heterocycles. The number of carbonyl (C=O) groups is 1. The van der Waals surface area contributed by atoms with Crippen molar-refractivity contribution in [3.05, 3.63) is 34.6 Å². The summed E-state index contributed by atoms with van der Waals surface area (Å²) in [6.45, 7) is 1.98. The van der Waals surface area contributed by atoms with Crippen LogP contribution in [-0.4, -0.2) is 21.0 Å². The number of carboxylic acids is 1. The number of fused-ring (bicyclic) bond motifs is 1. The average Bonchev–Trinajstić information content (AvgIpc) is 2.80.